The predicted octanol–water partition coefficient (Wildman–Crippen LogP) is 9.27. The molecule has 0 bridgehead atoms. The molecule has 2 aliphatic carbocycles. The monoisotopic (exact) mass is 510 g/mol. The first-order valence-corrected chi connectivity index (χ1v) is 33.2. The van der Waals surface area contributed by atoms with Crippen LogP contribution in [0.5, 0.6) is 0 Å². The van der Waals surface area contributed by atoms with Crippen molar-refractivity contribution >= 4 is 48.4 Å². The molecule has 0 nitrogen and oxygen atoms in total. The van der Waals surface area contributed by atoms with E-state index in [1.54, 1.807) is 0 Å². The van der Waals surface area contributed by atoms with Gasteiger partial charge in [-0.3, -0.25) is 0 Å². The third kappa shape index (κ3) is 3.49. The molecule has 0 aromatic heterocycles. The Morgan fingerprint density at radius 2 is 0.433 bits per heavy atom. The van der Waals surface area contributed by atoms with Gasteiger partial charge in [-0.05, 0) is 0 Å². The van der Waals surface area contributed by atoms with Crippen molar-refractivity contribution in [3.63, 3.8) is 0 Å². The number of hydrogen-bond donors (Lipinski definition) is 0. The highest BCUT2D eigenvalue weighted by molar-refractivity contribution is 7.07. The Labute approximate surface area is 196 Å². The van der Waals surface area contributed by atoms with E-state index in [1.807, 2.05) is 0 Å². The number of allylic oxidation sites excluding steroid dienone is 4. The summed E-state index contributed by atoms with van der Waals surface area (Å²) in [6.45, 7) is 48.6. The van der Waals surface area contributed by atoms with Crippen LogP contribution < -0.4 is 0 Å². The maximum atomic E-state index is 2.75. The van der Waals surface area contributed by atoms with Gasteiger partial charge >= 0.3 is 0 Å². The van der Waals surface area contributed by atoms with E-state index < -0.39 is 48.4 Å². The molecular weight excluding hydrogens is 457 g/mol. The molecule has 6 heteroatoms. The highest BCUT2D eigenvalue weighted by atomic mass is 28.3. The minimum atomic E-state index is -1.51. The van der Waals surface area contributed by atoms with Crippen LogP contribution in [-0.2, 0) is 0 Å². The van der Waals surface area contributed by atoms with Gasteiger partial charge in [-0.15, -0.1) is 0 Å². The van der Waals surface area contributed by atoms with Crippen LogP contribution in [0.1, 0.15) is 0 Å². The molecule has 0 fully saturated rings. The van der Waals surface area contributed by atoms with Gasteiger partial charge in [0.15, 0.2) is 0 Å². The van der Waals surface area contributed by atoms with Crippen LogP contribution in [0.4, 0.5) is 0 Å². The summed E-state index contributed by atoms with van der Waals surface area (Å²) in [4.78, 5) is 0. The standard InChI is InChI=1S/C24H54Si6/c1-25(2,3)19-20(26(4,5)6)23(19,29(13,14)15)24(30(16,17)18)21(27(7,8)9)22(24)28(10,11)12/h1-18H3. The van der Waals surface area contributed by atoms with Gasteiger partial charge in [0, 0.05) is 10.1 Å². The first-order chi connectivity index (χ1) is 12.7. The zero-order valence-corrected chi connectivity index (χ0v) is 30.0. The smallest absolute Gasteiger partial charge is 0.0727 e. The van der Waals surface area contributed by atoms with Crippen molar-refractivity contribution in [1.29, 1.82) is 0 Å². The Kier molecular flexibility index (Phi) is 6.02. The second-order valence-corrected chi connectivity index (χ2v) is 47.0. The zero-order valence-electron chi connectivity index (χ0n) is 24.0. The average molecular weight is 511 g/mol. The lowest BCUT2D eigenvalue weighted by Gasteiger charge is -2.53. The van der Waals surface area contributed by atoms with Gasteiger partial charge in [-0.2, -0.15) is 0 Å². The largest absolute Gasteiger partial charge is 0.0772 e. The van der Waals surface area contributed by atoms with E-state index in [1.165, 1.54) is 0 Å². The summed E-state index contributed by atoms with van der Waals surface area (Å²) in [5.74, 6) is 0. The van der Waals surface area contributed by atoms with E-state index in [4.69, 9.17) is 0 Å². The lowest BCUT2D eigenvalue weighted by atomic mass is 10.2. The summed E-state index contributed by atoms with van der Waals surface area (Å²) in [6.07, 6.45) is 0. The normalized spacial score (nSPS) is 22.6. The molecular formula is C24H54Si6. The highest BCUT2D eigenvalue weighted by Crippen LogP contribution is 2.93. The van der Waals surface area contributed by atoms with Crippen molar-refractivity contribution in [2.24, 2.45) is 0 Å². The Bertz CT molecular complexity index is 685. The summed E-state index contributed by atoms with van der Waals surface area (Å²) in [5, 5.41) is 9.31. The Morgan fingerprint density at radius 3 is 0.500 bits per heavy atom. The molecule has 0 atom stereocenters. The maximum Gasteiger partial charge on any atom is 0.0727 e. The molecule has 0 saturated heterocycles. The van der Waals surface area contributed by atoms with Gasteiger partial charge in [-0.1, -0.05) is 139 Å². The summed E-state index contributed by atoms with van der Waals surface area (Å²) in [5.41, 5.74) is 0. The van der Waals surface area contributed by atoms with Crippen molar-refractivity contribution in [3.8, 4) is 0 Å². The minimum Gasteiger partial charge on any atom is -0.0772 e. The topological polar surface area (TPSA) is 0 Å². The fourth-order valence-corrected chi connectivity index (χ4v) is 40.1. The van der Waals surface area contributed by atoms with Crippen LogP contribution in [0.15, 0.2) is 20.8 Å². The van der Waals surface area contributed by atoms with Crippen molar-refractivity contribution in [2.45, 2.75) is 128 Å². The van der Waals surface area contributed by atoms with Crippen LogP contribution in [0, 0.1) is 0 Å². The van der Waals surface area contributed by atoms with Crippen molar-refractivity contribution in [2.75, 3.05) is 0 Å². The predicted molar refractivity (Wildman–Crippen MR) is 160 cm³/mol. The SMILES string of the molecule is C[Si](C)(C)C1=C([Si](C)(C)C)C1(C1([Si](C)(C)C)C([Si](C)(C)C)=C1[Si](C)(C)C)[Si](C)(C)C. The van der Waals surface area contributed by atoms with Gasteiger partial charge < -0.3 is 0 Å². The van der Waals surface area contributed by atoms with Crippen molar-refractivity contribution < 1.29 is 0 Å². The van der Waals surface area contributed by atoms with Crippen LogP contribution >= 0.6 is 0 Å². The van der Waals surface area contributed by atoms with E-state index in [0.717, 1.165) is 0 Å². The second kappa shape index (κ2) is 6.68. The summed E-state index contributed by atoms with van der Waals surface area (Å²) < 4.78 is 0. The van der Waals surface area contributed by atoms with Crippen LogP contribution in [0.3, 0.4) is 0 Å². The Hall–Kier alpha value is 0.781. The molecule has 0 unspecified atom stereocenters. The van der Waals surface area contributed by atoms with E-state index in [9.17, 15) is 0 Å². The van der Waals surface area contributed by atoms with Gasteiger partial charge in [0.2, 0.25) is 0 Å². The van der Waals surface area contributed by atoms with E-state index in [-0.39, 0.29) is 0 Å². The molecule has 0 saturated carbocycles. The molecule has 0 aliphatic heterocycles. The molecule has 0 spiro atoms. The zero-order chi connectivity index (χ0) is 24.3. The van der Waals surface area contributed by atoms with Crippen molar-refractivity contribution in [1.82, 2.24) is 0 Å². The number of rotatable bonds is 7. The van der Waals surface area contributed by atoms with Crippen LogP contribution in [0.2, 0.25) is 128 Å². The van der Waals surface area contributed by atoms with Gasteiger partial charge in [0.1, 0.15) is 0 Å². The molecule has 0 radical (unpaired) electrons. The number of hydrogen-bond acceptors (Lipinski definition) is 0. The Morgan fingerprint density at radius 1 is 0.300 bits per heavy atom. The molecule has 0 heterocycles. The molecule has 174 valence electrons. The summed E-state index contributed by atoms with van der Waals surface area (Å²) in [7, 11) is -8.59. The summed E-state index contributed by atoms with van der Waals surface area (Å²) in [6, 6.07) is 0. The quantitative estimate of drug-likeness (QED) is 0.299. The third-order valence-corrected chi connectivity index (χ3v) is 24.2. The minimum absolute atomic E-state index is 0.491. The lowest BCUT2D eigenvalue weighted by molar-refractivity contribution is 0.770. The third-order valence-electron chi connectivity index (χ3n) is 7.69. The van der Waals surface area contributed by atoms with Crippen LogP contribution in [-0.4, -0.2) is 48.4 Å². The molecule has 30 heavy (non-hydrogen) atoms. The second-order valence-electron chi connectivity index (χ2n) is 16.5. The first kappa shape index (κ1) is 27.0. The van der Waals surface area contributed by atoms with E-state index in [0.29, 0.717) is 10.1 Å². The molecule has 0 aromatic rings. The fraction of sp³-hybridized carbons (Fsp3) is 0.833. The summed E-state index contributed by atoms with van der Waals surface area (Å²) >= 11 is 0. The highest BCUT2D eigenvalue weighted by Gasteiger charge is 2.84. The van der Waals surface area contributed by atoms with Gasteiger partial charge in [-0.25, -0.2) is 0 Å². The Balaban J connectivity index is 3.06. The first-order valence-electron chi connectivity index (χ1n) is 12.2. The average Bonchev–Trinajstić information content (AvgIpc) is 3.22. The van der Waals surface area contributed by atoms with Crippen molar-refractivity contribution in [3.05, 3.63) is 20.8 Å². The van der Waals surface area contributed by atoms with Gasteiger partial charge in [0.25, 0.3) is 0 Å². The molecule has 0 aromatic carbocycles. The molecule has 0 N–H and O–H groups in total. The van der Waals surface area contributed by atoms with E-state index in [2.05, 4.69) is 139 Å². The van der Waals surface area contributed by atoms with E-state index >= 15 is 0 Å². The maximum absolute atomic E-state index is 2.75. The van der Waals surface area contributed by atoms with Gasteiger partial charge in [0.05, 0.1) is 48.4 Å². The molecule has 2 rings (SSSR count). The fourth-order valence-electron chi connectivity index (χ4n) is 7.69. The molecule has 0 amide bonds. The lowest BCUT2D eigenvalue weighted by Crippen LogP contribution is -2.54. The molecule has 2 aliphatic rings. The van der Waals surface area contributed by atoms with Crippen LogP contribution in [0.25, 0.3) is 0 Å².